The minimum atomic E-state index is 0.615. The summed E-state index contributed by atoms with van der Waals surface area (Å²) in [6.07, 6.45) is 6.08. The first-order valence-corrected chi connectivity index (χ1v) is 7.56. The molecule has 4 heteroatoms. The Bertz CT molecular complexity index is 655. The molecule has 4 nitrogen and oxygen atoms in total. The van der Waals surface area contributed by atoms with Crippen LogP contribution in [0, 0.1) is 0 Å². The van der Waals surface area contributed by atoms with E-state index in [2.05, 4.69) is 26.3 Å². The Morgan fingerprint density at radius 1 is 0.520 bits per heavy atom. The van der Waals surface area contributed by atoms with Gasteiger partial charge in [0.25, 0.3) is 0 Å². The Kier molecular flexibility index (Phi) is 6.48. The van der Waals surface area contributed by atoms with E-state index in [9.17, 15) is 0 Å². The van der Waals surface area contributed by atoms with E-state index in [1.165, 1.54) is 25.0 Å². The standard InChI is InChI=1S/C21H20O4/c1-5-22-18-10-16(11-19(14-18)23-6-2)9-17-12-20(24-7-3)15-21(13-17)25-8-4/h5-8,10-15H,1-4,9H2. The van der Waals surface area contributed by atoms with Gasteiger partial charge in [0.05, 0.1) is 25.0 Å². The lowest BCUT2D eigenvalue weighted by atomic mass is 10.0. The Balaban J connectivity index is 2.36. The summed E-state index contributed by atoms with van der Waals surface area (Å²) in [4.78, 5) is 0. The van der Waals surface area contributed by atoms with Crippen molar-refractivity contribution < 1.29 is 18.9 Å². The fourth-order valence-corrected chi connectivity index (χ4v) is 2.36. The van der Waals surface area contributed by atoms with Crippen LogP contribution < -0.4 is 18.9 Å². The minimum Gasteiger partial charge on any atom is -0.465 e. The van der Waals surface area contributed by atoms with Crippen LogP contribution in [0.25, 0.3) is 0 Å². The van der Waals surface area contributed by atoms with Crippen LogP contribution in [0.3, 0.4) is 0 Å². The fourth-order valence-electron chi connectivity index (χ4n) is 2.36. The van der Waals surface area contributed by atoms with E-state index in [1.54, 1.807) is 12.1 Å². The summed E-state index contributed by atoms with van der Waals surface area (Å²) >= 11 is 0. The van der Waals surface area contributed by atoms with Crippen molar-refractivity contribution in [2.24, 2.45) is 0 Å². The highest BCUT2D eigenvalue weighted by Gasteiger charge is 2.07. The van der Waals surface area contributed by atoms with E-state index < -0.39 is 0 Å². The van der Waals surface area contributed by atoms with Gasteiger partial charge in [-0.3, -0.25) is 0 Å². The molecule has 0 fully saturated rings. The first kappa shape index (κ1) is 17.9. The van der Waals surface area contributed by atoms with Crippen molar-refractivity contribution in [1.82, 2.24) is 0 Å². The molecule has 2 rings (SSSR count). The molecular weight excluding hydrogens is 316 g/mol. The van der Waals surface area contributed by atoms with E-state index in [1.807, 2.05) is 24.3 Å². The summed E-state index contributed by atoms with van der Waals surface area (Å²) < 4.78 is 21.5. The van der Waals surface area contributed by atoms with Crippen LogP contribution in [-0.4, -0.2) is 0 Å². The Morgan fingerprint density at radius 2 is 0.800 bits per heavy atom. The minimum absolute atomic E-state index is 0.615. The van der Waals surface area contributed by atoms with Crippen molar-refractivity contribution in [3.05, 3.63) is 98.9 Å². The summed E-state index contributed by atoms with van der Waals surface area (Å²) in [5, 5.41) is 0. The van der Waals surface area contributed by atoms with Gasteiger partial charge in [0.1, 0.15) is 23.0 Å². The van der Waals surface area contributed by atoms with E-state index >= 15 is 0 Å². The number of rotatable bonds is 10. The van der Waals surface area contributed by atoms with Gasteiger partial charge in [0.15, 0.2) is 0 Å². The molecule has 0 radical (unpaired) electrons. The summed E-state index contributed by atoms with van der Waals surface area (Å²) in [5.41, 5.74) is 1.97. The van der Waals surface area contributed by atoms with E-state index in [0.717, 1.165) is 11.1 Å². The van der Waals surface area contributed by atoms with Gasteiger partial charge in [-0.25, -0.2) is 0 Å². The lowest BCUT2D eigenvalue weighted by molar-refractivity contribution is 0.459. The van der Waals surface area contributed by atoms with E-state index in [-0.39, 0.29) is 0 Å². The highest BCUT2D eigenvalue weighted by Crippen LogP contribution is 2.28. The van der Waals surface area contributed by atoms with Gasteiger partial charge < -0.3 is 18.9 Å². The third kappa shape index (κ3) is 5.32. The summed E-state index contributed by atoms with van der Waals surface area (Å²) in [7, 11) is 0. The van der Waals surface area contributed by atoms with Gasteiger partial charge in [0, 0.05) is 12.1 Å². The molecule has 0 aromatic heterocycles. The van der Waals surface area contributed by atoms with E-state index in [4.69, 9.17) is 18.9 Å². The van der Waals surface area contributed by atoms with E-state index in [0.29, 0.717) is 29.4 Å². The maximum atomic E-state index is 5.37. The first-order chi connectivity index (χ1) is 12.2. The fraction of sp³-hybridized carbons (Fsp3) is 0.0476. The smallest absolute Gasteiger partial charge is 0.130 e. The maximum Gasteiger partial charge on any atom is 0.130 e. The van der Waals surface area contributed by atoms with Gasteiger partial charge in [-0.1, -0.05) is 26.3 Å². The average Bonchev–Trinajstić information content (AvgIpc) is 2.55. The molecule has 2 aromatic carbocycles. The molecule has 0 spiro atoms. The van der Waals surface area contributed by atoms with Crippen molar-refractivity contribution in [3.8, 4) is 23.0 Å². The van der Waals surface area contributed by atoms with Crippen LogP contribution in [0.1, 0.15) is 11.1 Å². The van der Waals surface area contributed by atoms with Gasteiger partial charge in [0.2, 0.25) is 0 Å². The Morgan fingerprint density at radius 3 is 1.04 bits per heavy atom. The second kappa shape index (κ2) is 9.03. The molecule has 0 unspecified atom stereocenters. The van der Waals surface area contributed by atoms with Crippen LogP contribution in [0.5, 0.6) is 23.0 Å². The van der Waals surface area contributed by atoms with Gasteiger partial charge >= 0.3 is 0 Å². The third-order valence-electron chi connectivity index (χ3n) is 3.17. The van der Waals surface area contributed by atoms with Crippen molar-refractivity contribution in [1.29, 1.82) is 0 Å². The number of ether oxygens (including phenoxy) is 4. The molecular formula is C21H20O4. The van der Waals surface area contributed by atoms with Crippen LogP contribution >= 0.6 is 0 Å². The van der Waals surface area contributed by atoms with Crippen LogP contribution in [0.15, 0.2) is 87.8 Å². The first-order valence-electron chi connectivity index (χ1n) is 7.56. The quantitative estimate of drug-likeness (QED) is 0.547. The average molecular weight is 336 g/mol. The van der Waals surface area contributed by atoms with Crippen molar-refractivity contribution in [2.45, 2.75) is 6.42 Å². The summed E-state index contributed by atoms with van der Waals surface area (Å²) in [6.45, 7) is 14.3. The molecule has 0 atom stereocenters. The second-order valence-corrected chi connectivity index (χ2v) is 4.94. The van der Waals surface area contributed by atoms with Crippen LogP contribution in [0.4, 0.5) is 0 Å². The third-order valence-corrected chi connectivity index (χ3v) is 3.17. The highest BCUT2D eigenvalue weighted by molar-refractivity contribution is 5.44. The Hall–Kier alpha value is -3.40. The zero-order valence-corrected chi connectivity index (χ0v) is 13.9. The summed E-state index contributed by atoms with van der Waals surface area (Å²) in [6, 6.07) is 11.2. The molecule has 128 valence electrons. The predicted molar refractivity (Wildman–Crippen MR) is 99.0 cm³/mol. The SMILES string of the molecule is C=COc1cc(Cc2cc(OC=C)cc(OC=C)c2)cc(OC=C)c1. The van der Waals surface area contributed by atoms with Crippen molar-refractivity contribution in [2.75, 3.05) is 0 Å². The second-order valence-electron chi connectivity index (χ2n) is 4.94. The van der Waals surface area contributed by atoms with Crippen molar-refractivity contribution in [3.63, 3.8) is 0 Å². The molecule has 0 bridgehead atoms. The van der Waals surface area contributed by atoms with Gasteiger partial charge in [-0.15, -0.1) is 0 Å². The molecule has 0 aliphatic heterocycles. The largest absolute Gasteiger partial charge is 0.465 e. The molecule has 0 saturated heterocycles. The molecule has 0 aliphatic carbocycles. The topological polar surface area (TPSA) is 36.9 Å². The molecule has 0 N–H and O–H groups in total. The van der Waals surface area contributed by atoms with Crippen LogP contribution in [0.2, 0.25) is 0 Å². The normalized spacial score (nSPS) is 9.60. The van der Waals surface area contributed by atoms with Crippen molar-refractivity contribution >= 4 is 0 Å². The highest BCUT2D eigenvalue weighted by atomic mass is 16.5. The maximum absolute atomic E-state index is 5.37. The predicted octanol–water partition coefficient (Wildman–Crippen LogP) is 5.37. The molecule has 0 heterocycles. The van der Waals surface area contributed by atoms with Gasteiger partial charge in [-0.05, 0) is 41.8 Å². The molecule has 0 amide bonds. The molecule has 2 aromatic rings. The lowest BCUT2D eigenvalue weighted by Gasteiger charge is -2.11. The zero-order valence-electron chi connectivity index (χ0n) is 13.9. The van der Waals surface area contributed by atoms with Gasteiger partial charge in [-0.2, -0.15) is 0 Å². The molecule has 0 aliphatic rings. The number of benzene rings is 2. The number of hydrogen-bond donors (Lipinski definition) is 0. The molecule has 0 saturated carbocycles. The zero-order chi connectivity index (χ0) is 18.1. The summed E-state index contributed by atoms with van der Waals surface area (Å²) in [5.74, 6) is 2.52. The Labute approximate surface area is 147 Å². The lowest BCUT2D eigenvalue weighted by Crippen LogP contribution is -1.94. The molecule has 25 heavy (non-hydrogen) atoms. The monoisotopic (exact) mass is 336 g/mol. The number of hydrogen-bond acceptors (Lipinski definition) is 4. The van der Waals surface area contributed by atoms with Crippen LogP contribution in [-0.2, 0) is 6.42 Å².